The average Bonchev–Trinajstić information content (AvgIpc) is 0.707. The van der Waals surface area contributed by atoms with Crippen LogP contribution in [0.15, 0.2) is 328 Å². The van der Waals surface area contributed by atoms with Crippen molar-refractivity contribution in [3.05, 3.63) is 350 Å². The summed E-state index contributed by atoms with van der Waals surface area (Å²) in [5.74, 6) is 1.48. The molecule has 0 N–H and O–H groups in total. The summed E-state index contributed by atoms with van der Waals surface area (Å²) in [5.41, 5.74) is 37.7. The number of para-hydroxylation sites is 3. The van der Waals surface area contributed by atoms with Crippen LogP contribution in [0, 0.1) is 6.92 Å². The first-order valence-corrected chi connectivity index (χ1v) is 35.6. The highest BCUT2D eigenvalue weighted by molar-refractivity contribution is 7.01. The fourth-order valence-electron chi connectivity index (χ4n) is 16.0. The van der Waals surface area contributed by atoms with Crippen molar-refractivity contribution >= 4 is 114 Å². The van der Waals surface area contributed by atoms with Crippen LogP contribution in [0.5, 0.6) is 0 Å². The lowest BCUT2D eigenvalue weighted by Gasteiger charge is -2.44. The van der Waals surface area contributed by atoms with Gasteiger partial charge < -0.3 is 19.6 Å². The van der Waals surface area contributed by atoms with Crippen molar-refractivity contribution < 1.29 is 0 Å². The molecular weight excluding hydrogens is 1210 g/mol. The molecule has 100 heavy (non-hydrogen) atoms. The van der Waals surface area contributed by atoms with Crippen LogP contribution in [-0.4, -0.2) is 13.4 Å². The normalized spacial score (nSPS) is 12.9. The van der Waals surface area contributed by atoms with E-state index in [1.807, 2.05) is 0 Å². The molecule has 0 bridgehead atoms. The molecule has 18 rings (SSSR count). The number of hydrogen-bond acceptors (Lipinski definition) is 4. The number of nitrogens with zero attached hydrogens (tertiary/aromatic N) is 4. The Kier molecular flexibility index (Phi) is 15.9. The van der Waals surface area contributed by atoms with Gasteiger partial charge in [0.25, 0.3) is 13.4 Å². The maximum absolute atomic E-state index is 2.51. The van der Waals surface area contributed by atoms with Crippen LogP contribution in [0.2, 0.25) is 0 Å². The molecular formula is C94H78B2N4. The molecule has 480 valence electrons. The van der Waals surface area contributed by atoms with Crippen LogP contribution in [0.1, 0.15) is 81.5 Å². The quantitative estimate of drug-likeness (QED) is 0.120. The van der Waals surface area contributed by atoms with Gasteiger partial charge in [0.05, 0.1) is 0 Å². The lowest BCUT2D eigenvalue weighted by atomic mass is 9.33. The smallest absolute Gasteiger partial charge is 0.252 e. The third-order valence-corrected chi connectivity index (χ3v) is 21.2. The Morgan fingerprint density at radius 2 is 0.490 bits per heavy atom. The van der Waals surface area contributed by atoms with Crippen molar-refractivity contribution in [1.29, 1.82) is 0 Å². The van der Waals surface area contributed by atoms with E-state index in [1.165, 1.54) is 156 Å². The van der Waals surface area contributed by atoms with Gasteiger partial charge in [0.15, 0.2) is 0 Å². The summed E-state index contributed by atoms with van der Waals surface area (Å²) in [7, 11) is 0. The number of fused-ring (bicyclic) bond motifs is 8. The maximum atomic E-state index is 2.51. The maximum Gasteiger partial charge on any atom is 0.252 e. The first-order valence-electron chi connectivity index (χ1n) is 35.6. The number of benzene rings is 14. The molecule has 4 nitrogen and oxygen atoms in total. The van der Waals surface area contributed by atoms with E-state index in [0.29, 0.717) is 17.8 Å². The molecule has 0 aliphatic carbocycles. The summed E-state index contributed by atoms with van der Waals surface area (Å²) in [6.45, 7) is 15.9. The Hall–Kier alpha value is -11.6. The van der Waals surface area contributed by atoms with Gasteiger partial charge in [0.1, 0.15) is 0 Å². The minimum absolute atomic E-state index is 0.0754. The first-order chi connectivity index (χ1) is 49.0. The molecule has 0 saturated heterocycles. The second-order valence-corrected chi connectivity index (χ2v) is 28.3. The van der Waals surface area contributed by atoms with Crippen molar-refractivity contribution in [1.82, 2.24) is 0 Å². The van der Waals surface area contributed by atoms with E-state index in [1.54, 1.807) is 0 Å². The van der Waals surface area contributed by atoms with Gasteiger partial charge in [-0.05, 0) is 216 Å². The molecule has 6 heteroatoms. The Balaban J connectivity index is 0.000000151. The van der Waals surface area contributed by atoms with Crippen LogP contribution in [0.4, 0.5) is 68.2 Å². The Morgan fingerprint density at radius 3 is 0.910 bits per heavy atom. The average molecular weight is 1290 g/mol. The van der Waals surface area contributed by atoms with E-state index in [4.69, 9.17) is 0 Å². The minimum Gasteiger partial charge on any atom is -0.311 e. The van der Waals surface area contributed by atoms with Crippen LogP contribution >= 0.6 is 0 Å². The van der Waals surface area contributed by atoms with Crippen LogP contribution in [-0.2, 0) is 0 Å². The fraction of sp³-hybridized carbons (Fsp3) is 0.106. The summed E-state index contributed by atoms with van der Waals surface area (Å²) in [5, 5.41) is 0. The monoisotopic (exact) mass is 1280 g/mol. The number of anilines is 12. The molecule has 0 fully saturated rings. The topological polar surface area (TPSA) is 13.0 Å². The highest BCUT2D eigenvalue weighted by atomic mass is 15.2. The molecule has 0 amide bonds. The Labute approximate surface area is 590 Å². The van der Waals surface area contributed by atoms with Gasteiger partial charge in [0.2, 0.25) is 0 Å². The van der Waals surface area contributed by atoms with E-state index >= 15 is 0 Å². The molecule has 4 heterocycles. The number of rotatable bonds is 11. The summed E-state index contributed by atoms with van der Waals surface area (Å²) in [6, 6.07) is 122. The summed E-state index contributed by atoms with van der Waals surface area (Å²) >= 11 is 0. The first kappa shape index (κ1) is 62.0. The lowest BCUT2D eigenvalue weighted by Crippen LogP contribution is -2.61. The molecule has 0 saturated carbocycles. The second kappa shape index (κ2) is 25.7. The van der Waals surface area contributed by atoms with Crippen molar-refractivity contribution in [2.75, 3.05) is 19.6 Å². The third-order valence-electron chi connectivity index (χ3n) is 21.2. The van der Waals surface area contributed by atoms with E-state index in [9.17, 15) is 0 Å². The predicted molar refractivity (Wildman–Crippen MR) is 430 cm³/mol. The largest absolute Gasteiger partial charge is 0.311 e. The Bertz CT molecular complexity index is 5370. The number of hydrogen-bond donors (Lipinski definition) is 0. The predicted octanol–water partition coefficient (Wildman–Crippen LogP) is 21.9. The molecule has 4 aliphatic heterocycles. The Morgan fingerprint density at radius 1 is 0.210 bits per heavy atom. The molecule has 0 radical (unpaired) electrons. The van der Waals surface area contributed by atoms with Gasteiger partial charge >= 0.3 is 0 Å². The SMILES string of the molecule is CC(C)c1ccc(-c2cccc(N3c4ccc(-c5ccc(C(C)C)cc5)cc4B4c5ccccc5N(c5ccc(C(C)C)cc5)c5cccc3c54)c2)cc1.Cc1ccc(-c2ccc3c(c2)B2c4ccccc4N(c4ccccc4)c4cccc(c42)N3c2cccc(-c3ccccc3)c2)cc1. The molecule has 0 unspecified atom stereocenters. The van der Waals surface area contributed by atoms with Gasteiger partial charge in [-0.1, -0.05) is 278 Å². The molecule has 0 spiro atoms. The van der Waals surface area contributed by atoms with Gasteiger partial charge in [-0.15, -0.1) is 0 Å². The third kappa shape index (κ3) is 10.9. The zero-order valence-electron chi connectivity index (χ0n) is 57.9. The molecule has 0 aromatic heterocycles. The van der Waals surface area contributed by atoms with E-state index in [0.717, 1.165) is 11.4 Å². The van der Waals surface area contributed by atoms with E-state index in [-0.39, 0.29) is 13.4 Å². The zero-order chi connectivity index (χ0) is 67.7. The van der Waals surface area contributed by atoms with Crippen LogP contribution in [0.25, 0.3) is 44.5 Å². The minimum atomic E-state index is 0.0754. The van der Waals surface area contributed by atoms with Crippen LogP contribution < -0.4 is 52.4 Å². The molecule has 0 atom stereocenters. The zero-order valence-corrected chi connectivity index (χ0v) is 57.9. The standard InChI is InChI=1S/C51H47BN2.C43H31BN2/c1-33(2)36-17-21-39(22-18-36)41-11-9-12-44(31-41)54-48-30-27-42(40-23-19-37(20-24-40)34(3)4)32-46(48)52-45-13-7-8-14-47(45)53(49-15-10-16-50(54)51(49)52)43-28-25-38(26-29-43)35(5)6;1-30-22-24-32(25-23-30)34-26-27-40-38(29-34)44-37-18-8-9-19-39(37)45(35-15-6-3-7-16-35)41-20-11-21-42(43(41)44)46(40)36-17-10-14-33(28-36)31-12-4-2-5-13-31/h7-35H,1-6H3;2-29H,1H3. The highest BCUT2D eigenvalue weighted by Crippen LogP contribution is 2.48. The van der Waals surface area contributed by atoms with Crippen molar-refractivity contribution in [3.8, 4) is 44.5 Å². The van der Waals surface area contributed by atoms with Crippen molar-refractivity contribution in [2.24, 2.45) is 0 Å². The fourth-order valence-corrected chi connectivity index (χ4v) is 16.0. The van der Waals surface area contributed by atoms with E-state index < -0.39 is 0 Å². The number of aryl methyl sites for hydroxylation is 1. The highest BCUT2D eigenvalue weighted by Gasteiger charge is 2.45. The summed E-state index contributed by atoms with van der Waals surface area (Å²) in [6.07, 6.45) is 0. The van der Waals surface area contributed by atoms with Crippen LogP contribution in [0.3, 0.4) is 0 Å². The molecule has 4 aliphatic rings. The summed E-state index contributed by atoms with van der Waals surface area (Å²) in [4.78, 5) is 9.92. The molecule has 14 aromatic carbocycles. The second-order valence-electron chi connectivity index (χ2n) is 28.3. The lowest BCUT2D eigenvalue weighted by molar-refractivity contribution is 0.866. The van der Waals surface area contributed by atoms with Crippen molar-refractivity contribution in [2.45, 2.75) is 66.2 Å². The van der Waals surface area contributed by atoms with Gasteiger partial charge in [-0.2, -0.15) is 0 Å². The van der Waals surface area contributed by atoms with Gasteiger partial charge in [-0.3, -0.25) is 0 Å². The van der Waals surface area contributed by atoms with Gasteiger partial charge in [-0.25, -0.2) is 0 Å². The summed E-state index contributed by atoms with van der Waals surface area (Å²) < 4.78 is 0. The molecule has 14 aromatic rings. The van der Waals surface area contributed by atoms with Gasteiger partial charge in [0, 0.05) is 68.2 Å². The van der Waals surface area contributed by atoms with E-state index in [2.05, 4.69) is 396 Å². The van der Waals surface area contributed by atoms with Crippen molar-refractivity contribution in [3.63, 3.8) is 0 Å².